The van der Waals surface area contributed by atoms with Gasteiger partial charge >= 0.3 is 15.5 Å². The Morgan fingerprint density at radius 3 is 2.28 bits per heavy atom. The minimum absolute atomic E-state index is 0.0160. The summed E-state index contributed by atoms with van der Waals surface area (Å²) in [6, 6.07) is 7.18. The molecule has 1 saturated carbocycles. The van der Waals surface area contributed by atoms with E-state index in [1.165, 1.54) is 0 Å². The molecule has 1 fully saturated rings. The fourth-order valence-electron chi connectivity index (χ4n) is 2.83. The molecule has 2 aliphatic rings. The Labute approximate surface area is 144 Å². The molecule has 25 heavy (non-hydrogen) atoms. The number of hydrogen-bond donors (Lipinski definition) is 1. The molecule has 0 bridgehead atoms. The van der Waals surface area contributed by atoms with Crippen molar-refractivity contribution in [1.29, 1.82) is 0 Å². The average molecular weight is 376 g/mol. The summed E-state index contributed by atoms with van der Waals surface area (Å²) >= 11 is 0. The zero-order valence-corrected chi connectivity index (χ0v) is 14.2. The predicted octanol–water partition coefficient (Wildman–Crippen LogP) is 2.23. The topological polar surface area (TPSA) is 79.0 Å². The standard InChI is InChI=1S/C15H19F3N4O2S/c16-15(17,18)25(23,24)22-9-8-21(20-14(22)12-2-1-3-12)13-6-4-11(10-19)5-7-13/h4-7,12H,1-3,8-10,19H2. The smallest absolute Gasteiger partial charge is 0.326 e. The summed E-state index contributed by atoms with van der Waals surface area (Å²) in [7, 11) is -5.43. The first-order valence-electron chi connectivity index (χ1n) is 7.98. The molecule has 0 atom stereocenters. The van der Waals surface area contributed by atoms with Crippen LogP contribution in [0.1, 0.15) is 24.8 Å². The second kappa shape index (κ2) is 6.49. The molecule has 1 aliphatic carbocycles. The van der Waals surface area contributed by atoms with Crippen molar-refractivity contribution < 1.29 is 21.6 Å². The highest BCUT2D eigenvalue weighted by atomic mass is 32.2. The maximum Gasteiger partial charge on any atom is 0.516 e. The lowest BCUT2D eigenvalue weighted by Crippen LogP contribution is -2.54. The lowest BCUT2D eigenvalue weighted by molar-refractivity contribution is -0.0474. The van der Waals surface area contributed by atoms with Crippen LogP contribution in [0.5, 0.6) is 0 Å². The fourth-order valence-corrected chi connectivity index (χ4v) is 3.84. The van der Waals surface area contributed by atoms with Crippen molar-refractivity contribution in [3.63, 3.8) is 0 Å². The molecule has 6 nitrogen and oxygen atoms in total. The Morgan fingerprint density at radius 1 is 1.16 bits per heavy atom. The summed E-state index contributed by atoms with van der Waals surface area (Å²) < 4.78 is 63.1. The normalized spacial score (nSPS) is 19.6. The van der Waals surface area contributed by atoms with E-state index in [0.29, 0.717) is 29.4 Å². The summed E-state index contributed by atoms with van der Waals surface area (Å²) in [6.07, 6.45) is 2.14. The third-order valence-corrected chi connectivity index (χ3v) is 6.05. The molecule has 1 aromatic rings. The van der Waals surface area contributed by atoms with Gasteiger partial charge in [0.2, 0.25) is 0 Å². The maximum absolute atomic E-state index is 13.0. The summed E-state index contributed by atoms with van der Waals surface area (Å²) in [5.74, 6) is -0.277. The van der Waals surface area contributed by atoms with Crippen molar-refractivity contribution in [3.05, 3.63) is 29.8 Å². The summed E-state index contributed by atoms with van der Waals surface area (Å²) in [5.41, 5.74) is 1.83. The minimum atomic E-state index is -5.43. The Morgan fingerprint density at radius 2 is 1.80 bits per heavy atom. The number of sulfonamides is 1. The quantitative estimate of drug-likeness (QED) is 0.874. The van der Waals surface area contributed by atoms with E-state index in [-0.39, 0.29) is 24.8 Å². The highest BCUT2D eigenvalue weighted by Crippen LogP contribution is 2.36. The van der Waals surface area contributed by atoms with Crippen LogP contribution in [0.4, 0.5) is 18.9 Å². The largest absolute Gasteiger partial charge is 0.516 e. The van der Waals surface area contributed by atoms with Crippen molar-refractivity contribution >= 4 is 21.5 Å². The van der Waals surface area contributed by atoms with Crippen LogP contribution in [0.25, 0.3) is 0 Å². The highest BCUT2D eigenvalue weighted by molar-refractivity contribution is 7.90. The molecule has 0 spiro atoms. The number of anilines is 1. The molecular formula is C15H19F3N4O2S. The highest BCUT2D eigenvalue weighted by Gasteiger charge is 2.53. The van der Waals surface area contributed by atoms with Gasteiger partial charge in [-0.2, -0.15) is 26.7 Å². The Kier molecular flexibility index (Phi) is 4.67. The number of alkyl halides is 3. The molecular weight excluding hydrogens is 357 g/mol. The van der Waals surface area contributed by atoms with Gasteiger partial charge in [0.25, 0.3) is 0 Å². The number of amidine groups is 1. The van der Waals surface area contributed by atoms with Crippen LogP contribution < -0.4 is 10.7 Å². The molecule has 138 valence electrons. The molecule has 0 aromatic heterocycles. The molecule has 10 heteroatoms. The van der Waals surface area contributed by atoms with E-state index >= 15 is 0 Å². The van der Waals surface area contributed by atoms with Crippen LogP contribution in [0.2, 0.25) is 0 Å². The number of benzene rings is 1. The monoisotopic (exact) mass is 376 g/mol. The van der Waals surface area contributed by atoms with E-state index in [2.05, 4.69) is 5.10 Å². The fraction of sp³-hybridized carbons (Fsp3) is 0.533. The van der Waals surface area contributed by atoms with Gasteiger partial charge < -0.3 is 5.73 Å². The van der Waals surface area contributed by atoms with Gasteiger partial charge in [0.05, 0.1) is 18.8 Å². The third kappa shape index (κ3) is 3.32. The van der Waals surface area contributed by atoms with Crippen LogP contribution in [-0.4, -0.2) is 37.2 Å². The number of hydrazone groups is 1. The van der Waals surface area contributed by atoms with Gasteiger partial charge in [-0.15, -0.1) is 0 Å². The molecule has 1 heterocycles. The van der Waals surface area contributed by atoms with E-state index < -0.39 is 15.5 Å². The van der Waals surface area contributed by atoms with Gasteiger partial charge in [-0.1, -0.05) is 18.6 Å². The average Bonchev–Trinajstić information content (AvgIpc) is 2.52. The molecule has 1 aliphatic heterocycles. The number of nitrogens with zero attached hydrogens (tertiary/aromatic N) is 3. The van der Waals surface area contributed by atoms with Crippen LogP contribution >= 0.6 is 0 Å². The molecule has 0 amide bonds. The Balaban J connectivity index is 1.94. The van der Waals surface area contributed by atoms with Gasteiger partial charge in [0.1, 0.15) is 5.84 Å². The first-order valence-corrected chi connectivity index (χ1v) is 9.42. The van der Waals surface area contributed by atoms with Crippen molar-refractivity contribution in [2.75, 3.05) is 18.1 Å². The molecule has 0 radical (unpaired) electrons. The number of hydrogen-bond acceptors (Lipinski definition) is 5. The van der Waals surface area contributed by atoms with Gasteiger partial charge in [0.15, 0.2) is 0 Å². The van der Waals surface area contributed by atoms with E-state index in [1.807, 2.05) is 12.1 Å². The predicted molar refractivity (Wildman–Crippen MR) is 88.1 cm³/mol. The first-order chi connectivity index (χ1) is 11.7. The molecule has 3 rings (SSSR count). The van der Waals surface area contributed by atoms with Crippen molar-refractivity contribution in [3.8, 4) is 0 Å². The first kappa shape index (κ1) is 18.0. The van der Waals surface area contributed by atoms with Crippen LogP contribution in [0.15, 0.2) is 29.4 Å². The Bertz CT molecular complexity index is 758. The van der Waals surface area contributed by atoms with Crippen LogP contribution in [-0.2, 0) is 16.6 Å². The van der Waals surface area contributed by atoms with Gasteiger partial charge in [0, 0.05) is 12.5 Å². The zero-order chi connectivity index (χ0) is 18.2. The van der Waals surface area contributed by atoms with E-state index in [1.54, 1.807) is 17.1 Å². The summed E-state index contributed by atoms with van der Waals surface area (Å²) in [5, 5.41) is 5.81. The van der Waals surface area contributed by atoms with Crippen LogP contribution in [0, 0.1) is 5.92 Å². The van der Waals surface area contributed by atoms with Crippen molar-refractivity contribution in [2.45, 2.75) is 31.3 Å². The van der Waals surface area contributed by atoms with Crippen LogP contribution in [0.3, 0.4) is 0 Å². The lowest BCUT2D eigenvalue weighted by Gasteiger charge is -2.39. The second-order valence-electron chi connectivity index (χ2n) is 6.10. The SMILES string of the molecule is NCc1ccc(N2CCN(S(=O)(=O)C(F)(F)F)C(C3CCC3)=N2)cc1. The van der Waals surface area contributed by atoms with Gasteiger partial charge in [-0.3, -0.25) is 5.01 Å². The van der Waals surface area contributed by atoms with Crippen molar-refractivity contribution in [2.24, 2.45) is 16.8 Å². The third-order valence-electron chi connectivity index (χ3n) is 4.52. The van der Waals surface area contributed by atoms with E-state index in [9.17, 15) is 21.6 Å². The molecule has 2 N–H and O–H groups in total. The molecule has 0 unspecified atom stereocenters. The number of nitrogens with two attached hydrogens (primary N) is 1. The second-order valence-corrected chi connectivity index (χ2v) is 7.96. The van der Waals surface area contributed by atoms with Gasteiger partial charge in [-0.05, 0) is 30.5 Å². The van der Waals surface area contributed by atoms with E-state index in [4.69, 9.17) is 5.73 Å². The number of rotatable bonds is 4. The summed E-state index contributed by atoms with van der Waals surface area (Å²) in [4.78, 5) is 0. The minimum Gasteiger partial charge on any atom is -0.326 e. The summed E-state index contributed by atoms with van der Waals surface area (Å²) in [6.45, 7) is 0.151. The molecule has 0 saturated heterocycles. The molecule has 1 aromatic carbocycles. The zero-order valence-electron chi connectivity index (χ0n) is 13.4. The number of halogens is 3. The Hall–Kier alpha value is -1.81. The van der Waals surface area contributed by atoms with Gasteiger partial charge in [-0.25, -0.2) is 4.31 Å². The van der Waals surface area contributed by atoms with E-state index in [0.717, 1.165) is 12.0 Å². The lowest BCUT2D eigenvalue weighted by atomic mass is 9.84. The maximum atomic E-state index is 13.0. The van der Waals surface area contributed by atoms with Crippen molar-refractivity contribution in [1.82, 2.24) is 4.31 Å².